The summed E-state index contributed by atoms with van der Waals surface area (Å²) in [6.45, 7) is 1.45. The van der Waals surface area contributed by atoms with Crippen molar-refractivity contribution in [2.75, 3.05) is 33.4 Å². The lowest BCUT2D eigenvalue weighted by molar-refractivity contribution is 0.0946. The van der Waals surface area contributed by atoms with Crippen LogP contribution in [0, 0.1) is 0 Å². The summed E-state index contributed by atoms with van der Waals surface area (Å²) in [4.78, 5) is 12.4. The van der Waals surface area contributed by atoms with E-state index in [1.54, 1.807) is 19.2 Å². The lowest BCUT2D eigenvalue weighted by Gasteiger charge is -2.17. The van der Waals surface area contributed by atoms with Crippen molar-refractivity contribution in [2.24, 2.45) is 0 Å². The number of amides is 1. The molecule has 0 spiro atoms. The minimum absolute atomic E-state index is 0.0404. The van der Waals surface area contributed by atoms with Crippen LogP contribution in [-0.2, 0) is 10.0 Å². The standard InChI is InChI=1S/C20H23ClN2O5S/c1-27-16-5-4-6-17(14-16)28-12-9-22-20(24)15-7-8-18(21)19(13-15)29(25,26)23-10-2-3-11-23/h4-8,13-14H,2-3,9-12H2,1H3,(H,22,24). The molecule has 1 amide bonds. The Bertz CT molecular complexity index is 975. The van der Waals surface area contributed by atoms with E-state index < -0.39 is 15.9 Å². The fraction of sp³-hybridized carbons (Fsp3) is 0.350. The number of methoxy groups -OCH3 is 1. The van der Waals surface area contributed by atoms with E-state index in [4.69, 9.17) is 21.1 Å². The van der Waals surface area contributed by atoms with Gasteiger partial charge in [0.1, 0.15) is 23.0 Å². The topological polar surface area (TPSA) is 84.9 Å². The minimum atomic E-state index is -3.71. The lowest BCUT2D eigenvalue weighted by atomic mass is 10.2. The smallest absolute Gasteiger partial charge is 0.251 e. The zero-order chi connectivity index (χ0) is 20.9. The number of nitrogens with zero attached hydrogens (tertiary/aromatic N) is 1. The van der Waals surface area contributed by atoms with Gasteiger partial charge in [0, 0.05) is 24.7 Å². The number of carbonyl (C=O) groups is 1. The summed E-state index contributed by atoms with van der Waals surface area (Å²) in [7, 11) is -2.14. The molecule has 7 nitrogen and oxygen atoms in total. The first-order chi connectivity index (χ1) is 13.9. The van der Waals surface area contributed by atoms with Gasteiger partial charge in [-0.25, -0.2) is 8.42 Å². The summed E-state index contributed by atoms with van der Waals surface area (Å²) >= 11 is 6.12. The van der Waals surface area contributed by atoms with Gasteiger partial charge < -0.3 is 14.8 Å². The predicted molar refractivity (Wildman–Crippen MR) is 110 cm³/mol. The highest BCUT2D eigenvalue weighted by Gasteiger charge is 2.29. The van der Waals surface area contributed by atoms with E-state index in [-0.39, 0.29) is 28.6 Å². The van der Waals surface area contributed by atoms with Crippen LogP contribution < -0.4 is 14.8 Å². The van der Waals surface area contributed by atoms with Gasteiger partial charge in [-0.15, -0.1) is 0 Å². The molecule has 1 fully saturated rings. The van der Waals surface area contributed by atoms with E-state index in [1.165, 1.54) is 22.5 Å². The fourth-order valence-electron chi connectivity index (χ4n) is 3.04. The SMILES string of the molecule is COc1cccc(OCCNC(=O)c2ccc(Cl)c(S(=O)(=O)N3CCCC3)c2)c1. The van der Waals surface area contributed by atoms with Crippen molar-refractivity contribution >= 4 is 27.5 Å². The summed E-state index contributed by atoms with van der Waals surface area (Å²) in [5.41, 5.74) is 0.230. The second kappa shape index (κ2) is 9.47. The van der Waals surface area contributed by atoms with Gasteiger partial charge in [0.25, 0.3) is 5.91 Å². The van der Waals surface area contributed by atoms with Gasteiger partial charge >= 0.3 is 0 Å². The third kappa shape index (κ3) is 5.20. The highest BCUT2D eigenvalue weighted by Crippen LogP contribution is 2.28. The number of nitrogens with one attached hydrogen (secondary N) is 1. The Morgan fingerprint density at radius 1 is 1.14 bits per heavy atom. The van der Waals surface area contributed by atoms with Gasteiger partial charge in [-0.2, -0.15) is 4.31 Å². The highest BCUT2D eigenvalue weighted by molar-refractivity contribution is 7.89. The molecule has 3 rings (SSSR count). The molecule has 156 valence electrons. The van der Waals surface area contributed by atoms with Crippen LogP contribution in [0.2, 0.25) is 5.02 Å². The second-order valence-corrected chi connectivity index (χ2v) is 8.85. The van der Waals surface area contributed by atoms with Crippen LogP contribution >= 0.6 is 11.6 Å². The first-order valence-corrected chi connectivity index (χ1v) is 11.1. The molecular formula is C20H23ClN2O5S. The van der Waals surface area contributed by atoms with E-state index in [9.17, 15) is 13.2 Å². The molecule has 0 atom stereocenters. The largest absolute Gasteiger partial charge is 0.497 e. The summed E-state index contributed by atoms with van der Waals surface area (Å²) < 4.78 is 37.7. The molecule has 0 bridgehead atoms. The molecule has 9 heteroatoms. The molecule has 1 heterocycles. The number of carbonyl (C=O) groups excluding carboxylic acids is 1. The fourth-order valence-corrected chi connectivity index (χ4v) is 5.05. The Hall–Kier alpha value is -2.29. The van der Waals surface area contributed by atoms with Crippen molar-refractivity contribution < 1.29 is 22.7 Å². The third-order valence-corrected chi connectivity index (χ3v) is 6.95. The molecule has 0 aromatic heterocycles. The van der Waals surface area contributed by atoms with Crippen molar-refractivity contribution in [2.45, 2.75) is 17.7 Å². The third-order valence-electron chi connectivity index (χ3n) is 4.57. The molecule has 1 aliphatic heterocycles. The average Bonchev–Trinajstić information content (AvgIpc) is 3.27. The van der Waals surface area contributed by atoms with Gasteiger partial charge in [0.05, 0.1) is 18.7 Å². The number of sulfonamides is 1. The van der Waals surface area contributed by atoms with Crippen LogP contribution in [0.4, 0.5) is 0 Å². The number of ether oxygens (including phenoxy) is 2. The van der Waals surface area contributed by atoms with Gasteiger partial charge in [-0.3, -0.25) is 4.79 Å². The first-order valence-electron chi connectivity index (χ1n) is 9.26. The van der Waals surface area contributed by atoms with Gasteiger partial charge in [0.2, 0.25) is 10.0 Å². The number of benzene rings is 2. The van der Waals surface area contributed by atoms with Crippen molar-refractivity contribution in [1.29, 1.82) is 0 Å². The van der Waals surface area contributed by atoms with Crippen LogP contribution in [0.15, 0.2) is 47.4 Å². The molecule has 0 unspecified atom stereocenters. The van der Waals surface area contributed by atoms with E-state index in [1.807, 2.05) is 12.1 Å². The van der Waals surface area contributed by atoms with Crippen LogP contribution in [0.1, 0.15) is 23.2 Å². The van der Waals surface area contributed by atoms with Crippen LogP contribution in [0.5, 0.6) is 11.5 Å². The quantitative estimate of drug-likeness (QED) is 0.640. The Morgan fingerprint density at radius 3 is 2.59 bits per heavy atom. The van der Waals surface area contributed by atoms with Crippen LogP contribution in [0.3, 0.4) is 0 Å². The van der Waals surface area contributed by atoms with Gasteiger partial charge in [0.15, 0.2) is 0 Å². The van der Waals surface area contributed by atoms with E-state index >= 15 is 0 Å². The molecule has 0 aliphatic carbocycles. The first kappa shape index (κ1) is 21.4. The number of hydrogen-bond acceptors (Lipinski definition) is 5. The Morgan fingerprint density at radius 2 is 1.86 bits per heavy atom. The molecule has 0 saturated carbocycles. The van der Waals surface area contributed by atoms with Crippen LogP contribution in [-0.4, -0.2) is 52.0 Å². The number of rotatable bonds is 8. The maximum absolute atomic E-state index is 12.8. The zero-order valence-electron chi connectivity index (χ0n) is 16.1. The number of hydrogen-bond donors (Lipinski definition) is 1. The van der Waals surface area contributed by atoms with Gasteiger partial charge in [-0.05, 0) is 43.2 Å². The maximum atomic E-state index is 12.8. The minimum Gasteiger partial charge on any atom is -0.497 e. The summed E-state index contributed by atoms with van der Waals surface area (Å²) in [6, 6.07) is 11.4. The van der Waals surface area contributed by atoms with E-state index in [2.05, 4.69) is 5.32 Å². The van der Waals surface area contributed by atoms with Crippen molar-refractivity contribution in [3.8, 4) is 11.5 Å². The molecule has 1 aliphatic rings. The zero-order valence-corrected chi connectivity index (χ0v) is 17.6. The van der Waals surface area contributed by atoms with E-state index in [0.29, 0.717) is 24.6 Å². The monoisotopic (exact) mass is 438 g/mol. The average molecular weight is 439 g/mol. The molecular weight excluding hydrogens is 416 g/mol. The Labute approximate surface area is 175 Å². The molecule has 1 N–H and O–H groups in total. The second-order valence-electron chi connectivity index (χ2n) is 6.54. The van der Waals surface area contributed by atoms with Crippen molar-refractivity contribution in [1.82, 2.24) is 9.62 Å². The number of halogens is 1. The van der Waals surface area contributed by atoms with Crippen molar-refractivity contribution in [3.63, 3.8) is 0 Å². The lowest BCUT2D eigenvalue weighted by Crippen LogP contribution is -2.30. The normalized spacial score (nSPS) is 14.6. The van der Waals surface area contributed by atoms with Crippen molar-refractivity contribution in [3.05, 3.63) is 53.1 Å². The predicted octanol–water partition coefficient (Wildman–Crippen LogP) is 2.94. The van der Waals surface area contributed by atoms with Gasteiger partial charge in [-0.1, -0.05) is 17.7 Å². The Balaban J connectivity index is 1.61. The van der Waals surface area contributed by atoms with Crippen LogP contribution in [0.25, 0.3) is 0 Å². The summed E-state index contributed by atoms with van der Waals surface area (Å²) in [6.07, 6.45) is 1.65. The molecule has 1 saturated heterocycles. The Kier molecular flexibility index (Phi) is 7.00. The molecule has 29 heavy (non-hydrogen) atoms. The maximum Gasteiger partial charge on any atom is 0.251 e. The summed E-state index contributed by atoms with van der Waals surface area (Å²) in [5.74, 6) is 0.914. The van der Waals surface area contributed by atoms with E-state index in [0.717, 1.165) is 12.8 Å². The molecule has 2 aromatic carbocycles. The summed E-state index contributed by atoms with van der Waals surface area (Å²) in [5, 5.41) is 2.83. The molecule has 0 radical (unpaired) electrons. The highest BCUT2D eigenvalue weighted by atomic mass is 35.5. The molecule has 2 aromatic rings.